The Kier molecular flexibility index (Phi) is 9.30. The van der Waals surface area contributed by atoms with Crippen molar-refractivity contribution in [3.05, 3.63) is 35.0 Å². The lowest BCUT2D eigenvalue weighted by atomic mass is 9.95. The second-order valence-corrected chi connectivity index (χ2v) is 13.0. The Morgan fingerprint density at radius 2 is 1.69 bits per heavy atom. The van der Waals surface area contributed by atoms with Crippen molar-refractivity contribution >= 4 is 15.9 Å². The van der Waals surface area contributed by atoms with Crippen LogP contribution in [-0.4, -0.2) is 110 Å². The normalized spacial score (nSPS) is 18.3. The minimum absolute atomic E-state index is 0.0691. The predicted molar refractivity (Wildman–Crippen MR) is 147 cm³/mol. The minimum Gasteiger partial charge on any atom is -0.497 e. The van der Waals surface area contributed by atoms with E-state index in [0.29, 0.717) is 41.9 Å². The summed E-state index contributed by atoms with van der Waals surface area (Å²) in [5.41, 5.74) is 1.17. The number of benzene rings is 1. The largest absolute Gasteiger partial charge is 0.497 e. The molecule has 2 saturated heterocycles. The average molecular weight is 563 g/mol. The van der Waals surface area contributed by atoms with Gasteiger partial charge in [-0.15, -0.1) is 10.2 Å². The van der Waals surface area contributed by atoms with Crippen LogP contribution in [0, 0.1) is 19.8 Å². The van der Waals surface area contributed by atoms with Gasteiger partial charge in [-0.25, -0.2) is 8.42 Å². The van der Waals surface area contributed by atoms with Gasteiger partial charge in [0, 0.05) is 45.8 Å². The van der Waals surface area contributed by atoms with Crippen molar-refractivity contribution in [2.45, 2.75) is 58.0 Å². The van der Waals surface area contributed by atoms with Crippen LogP contribution in [0.1, 0.15) is 54.4 Å². The first-order valence-corrected chi connectivity index (χ1v) is 15.1. The number of hydrogen-bond acceptors (Lipinski definition) is 9. The molecular weight excluding hydrogens is 520 g/mol. The van der Waals surface area contributed by atoms with E-state index in [-0.39, 0.29) is 29.1 Å². The van der Waals surface area contributed by atoms with Crippen LogP contribution < -0.4 is 4.74 Å². The Hall–Kier alpha value is -2.54. The first-order valence-electron chi connectivity index (χ1n) is 13.7. The number of piperidine rings is 1. The zero-order valence-electron chi connectivity index (χ0n) is 24.0. The van der Waals surface area contributed by atoms with Crippen LogP contribution in [0.25, 0.3) is 0 Å². The third kappa shape index (κ3) is 6.79. The van der Waals surface area contributed by atoms with Crippen LogP contribution in [0.2, 0.25) is 0 Å². The van der Waals surface area contributed by atoms with E-state index in [0.717, 1.165) is 37.0 Å². The van der Waals surface area contributed by atoms with Crippen molar-refractivity contribution in [2.75, 3.05) is 60.0 Å². The molecule has 2 aliphatic heterocycles. The molecule has 2 fully saturated rings. The summed E-state index contributed by atoms with van der Waals surface area (Å²) in [4.78, 5) is 20.0. The highest BCUT2D eigenvalue weighted by atomic mass is 32.2. The molecule has 0 saturated carbocycles. The maximum absolute atomic E-state index is 13.3. The number of rotatable bonds is 9. The third-order valence-corrected chi connectivity index (χ3v) is 10.0. The number of nitrogens with zero attached hydrogens (tertiary/aromatic N) is 6. The van der Waals surface area contributed by atoms with Gasteiger partial charge in [0.25, 0.3) is 0 Å². The second kappa shape index (κ2) is 12.3. The van der Waals surface area contributed by atoms with Crippen molar-refractivity contribution < 1.29 is 22.4 Å². The van der Waals surface area contributed by atoms with E-state index < -0.39 is 10.0 Å². The summed E-state index contributed by atoms with van der Waals surface area (Å²) in [7, 11) is -0.838. The van der Waals surface area contributed by atoms with E-state index in [1.54, 1.807) is 38.0 Å². The maximum Gasteiger partial charge on any atom is 0.311 e. The molecule has 0 bridgehead atoms. The molecule has 0 unspecified atom stereocenters. The van der Waals surface area contributed by atoms with Gasteiger partial charge in [0.2, 0.25) is 15.9 Å². The Labute approximate surface area is 232 Å². The molecule has 0 N–H and O–H groups in total. The van der Waals surface area contributed by atoms with Gasteiger partial charge < -0.3 is 19.0 Å². The highest BCUT2D eigenvalue weighted by Crippen LogP contribution is 2.28. The molecule has 216 valence electrons. The van der Waals surface area contributed by atoms with Crippen molar-refractivity contribution in [3.8, 4) is 5.75 Å². The first-order chi connectivity index (χ1) is 18.5. The number of methoxy groups -OCH3 is 1. The van der Waals surface area contributed by atoms with E-state index >= 15 is 0 Å². The third-order valence-electron chi connectivity index (χ3n) is 7.90. The summed E-state index contributed by atoms with van der Waals surface area (Å²) in [6.45, 7) is 14.1. The molecule has 2 aliphatic rings. The molecule has 1 aromatic carbocycles. The lowest BCUT2D eigenvalue weighted by Crippen LogP contribution is -2.50. The quantitative estimate of drug-likeness (QED) is 0.455. The molecule has 1 amide bonds. The fourth-order valence-electron chi connectivity index (χ4n) is 5.56. The van der Waals surface area contributed by atoms with Crippen LogP contribution in [0.3, 0.4) is 0 Å². The highest BCUT2D eigenvalue weighted by molar-refractivity contribution is 7.89. The fourth-order valence-corrected chi connectivity index (χ4v) is 7.08. The summed E-state index contributed by atoms with van der Waals surface area (Å²) in [6.07, 6.45) is 2.45. The first kappa shape index (κ1) is 29.4. The van der Waals surface area contributed by atoms with Crippen LogP contribution >= 0.6 is 0 Å². The lowest BCUT2D eigenvalue weighted by molar-refractivity contribution is 0.0541. The molecule has 1 aromatic heterocycles. The van der Waals surface area contributed by atoms with Gasteiger partial charge >= 0.3 is 11.8 Å². The van der Waals surface area contributed by atoms with E-state index in [1.165, 1.54) is 19.9 Å². The highest BCUT2D eigenvalue weighted by Gasteiger charge is 2.30. The number of aromatic nitrogens is 2. The van der Waals surface area contributed by atoms with Crippen LogP contribution in [-0.2, 0) is 16.6 Å². The summed E-state index contributed by atoms with van der Waals surface area (Å²) in [5.74, 6) is 0.951. The standard InChI is InChI=1S/C27H42N6O5S/c1-19(2)32-9-7-22(8-10-32)17-31-11-13-33(14-12-31)27(34)26-29-28-24(38-26)18-30(5)39(35,36)25-20(3)15-23(37-6)16-21(25)4/h15-16,19,22H,7-14,17-18H2,1-6H3. The molecule has 0 radical (unpaired) electrons. The van der Waals surface area contributed by atoms with Gasteiger partial charge in [0.15, 0.2) is 0 Å². The molecule has 3 heterocycles. The topological polar surface area (TPSA) is 112 Å². The number of carbonyl (C=O) groups excluding carboxylic acids is 1. The van der Waals surface area contributed by atoms with Crippen molar-refractivity contribution in [2.24, 2.45) is 5.92 Å². The predicted octanol–water partition coefficient (Wildman–Crippen LogP) is 2.39. The lowest BCUT2D eigenvalue weighted by Gasteiger charge is -2.39. The number of amides is 1. The van der Waals surface area contributed by atoms with Gasteiger partial charge in [0.05, 0.1) is 18.6 Å². The molecule has 4 rings (SSSR count). The Balaban J connectivity index is 1.30. The number of likely N-dealkylation sites (tertiary alicyclic amines) is 1. The van der Waals surface area contributed by atoms with Crippen LogP contribution in [0.15, 0.2) is 21.4 Å². The van der Waals surface area contributed by atoms with Gasteiger partial charge in [0.1, 0.15) is 5.75 Å². The summed E-state index contributed by atoms with van der Waals surface area (Å²) in [6, 6.07) is 3.98. The van der Waals surface area contributed by atoms with Crippen molar-refractivity contribution in [3.63, 3.8) is 0 Å². The number of hydrogen-bond donors (Lipinski definition) is 0. The second-order valence-electron chi connectivity index (χ2n) is 11.0. The smallest absolute Gasteiger partial charge is 0.311 e. The van der Waals surface area contributed by atoms with Crippen molar-refractivity contribution in [1.82, 2.24) is 29.2 Å². The molecule has 0 atom stereocenters. The van der Waals surface area contributed by atoms with Crippen molar-refractivity contribution in [1.29, 1.82) is 0 Å². The number of aryl methyl sites for hydroxylation is 2. The zero-order chi connectivity index (χ0) is 28.3. The van der Waals surface area contributed by atoms with Crippen LogP contribution in [0.4, 0.5) is 0 Å². The molecule has 11 nitrogen and oxygen atoms in total. The average Bonchev–Trinajstić information content (AvgIpc) is 3.36. The van der Waals surface area contributed by atoms with Crippen LogP contribution in [0.5, 0.6) is 5.75 Å². The molecule has 12 heteroatoms. The summed E-state index contributed by atoms with van der Waals surface area (Å²) in [5, 5.41) is 7.88. The molecular formula is C27H42N6O5S. The SMILES string of the molecule is COc1cc(C)c(S(=O)(=O)N(C)Cc2nnc(C(=O)N3CCN(CC4CCN(C(C)C)CC4)CC3)o2)c(C)c1. The Morgan fingerprint density at radius 3 is 2.26 bits per heavy atom. The number of sulfonamides is 1. The fraction of sp³-hybridized carbons (Fsp3) is 0.667. The molecule has 0 aliphatic carbocycles. The van der Waals surface area contributed by atoms with Gasteiger partial charge in [-0.2, -0.15) is 4.31 Å². The molecule has 2 aromatic rings. The molecule has 0 spiro atoms. The number of carbonyl (C=O) groups is 1. The van der Waals surface area contributed by atoms with E-state index in [9.17, 15) is 13.2 Å². The summed E-state index contributed by atoms with van der Waals surface area (Å²) < 4.78 is 38.6. The summed E-state index contributed by atoms with van der Waals surface area (Å²) >= 11 is 0. The van der Waals surface area contributed by atoms with Gasteiger partial charge in [-0.3, -0.25) is 9.69 Å². The zero-order valence-corrected chi connectivity index (χ0v) is 24.8. The molecule has 39 heavy (non-hydrogen) atoms. The van der Waals surface area contributed by atoms with E-state index in [4.69, 9.17) is 9.15 Å². The minimum atomic E-state index is -3.83. The van der Waals surface area contributed by atoms with E-state index in [1.807, 2.05) is 0 Å². The Bertz CT molecular complexity index is 1220. The maximum atomic E-state index is 13.3. The van der Waals surface area contributed by atoms with Gasteiger partial charge in [-0.05, 0) is 82.8 Å². The van der Waals surface area contributed by atoms with E-state index in [2.05, 4.69) is 33.8 Å². The Morgan fingerprint density at radius 1 is 1.08 bits per heavy atom. The number of ether oxygens (including phenoxy) is 1. The van der Waals surface area contributed by atoms with Gasteiger partial charge in [-0.1, -0.05) is 0 Å². The monoisotopic (exact) mass is 562 g/mol. The number of piperazine rings is 1.